The minimum atomic E-state index is -1.48. The van der Waals surface area contributed by atoms with E-state index in [9.17, 15) is 10.0 Å². The van der Waals surface area contributed by atoms with Crippen LogP contribution in [0.25, 0.3) is 188 Å². The molecule has 12 nitrogen and oxygen atoms in total. The van der Waals surface area contributed by atoms with E-state index in [1.165, 1.54) is 99.4 Å². The Morgan fingerprint density at radius 2 is 0.565 bits per heavy atom. The van der Waals surface area contributed by atoms with Gasteiger partial charge in [-0.05, 0) is 173 Å². The fourth-order valence-corrected chi connectivity index (χ4v) is 15.8. The number of furan rings is 2. The molecule has 0 radical (unpaired) electrons. The maximum absolute atomic E-state index is 9.56. The minimum Gasteiger partial charge on any atom is -0.452 e. The Labute approximate surface area is 625 Å². The van der Waals surface area contributed by atoms with Crippen molar-refractivity contribution in [3.8, 4) is 56.3 Å². The van der Waals surface area contributed by atoms with Crippen LogP contribution in [0, 0.1) is 0 Å². The topological polar surface area (TPSA) is 138 Å². The van der Waals surface area contributed by atoms with Gasteiger partial charge in [0.2, 0.25) is 0 Å². The van der Waals surface area contributed by atoms with Crippen molar-refractivity contribution in [2.75, 3.05) is 0 Å². The Morgan fingerprint density at radius 3 is 0.954 bits per heavy atom. The summed E-state index contributed by atoms with van der Waals surface area (Å²) in [7, 11) is -1.48. The number of aromatic nitrogens is 8. The predicted molar refractivity (Wildman–Crippen MR) is 447 cm³/mol. The molecule has 8 aromatic heterocycles. The molecule has 14 heteroatoms. The van der Waals surface area contributed by atoms with Crippen molar-refractivity contribution in [2.45, 2.75) is 14.9 Å². The molecule has 22 rings (SSSR count). The normalized spacial score (nSPS) is 11.5. The predicted octanol–water partition coefficient (Wildman–Crippen LogP) is 23.4. The van der Waals surface area contributed by atoms with Crippen molar-refractivity contribution < 1.29 is 18.9 Å². The van der Waals surface area contributed by atoms with Crippen molar-refractivity contribution in [1.82, 2.24) is 38.2 Å². The van der Waals surface area contributed by atoms with Gasteiger partial charge in [0.1, 0.15) is 40.5 Å². The molecule has 516 valence electrons. The first kappa shape index (κ1) is 66.3. The second kappa shape index (κ2) is 27.1. The molecular weight excluding hydrogens is 1350 g/mol. The van der Waals surface area contributed by atoms with Crippen LogP contribution in [0.3, 0.4) is 0 Å². The molecule has 14 aromatic carbocycles. The quantitative estimate of drug-likeness (QED) is 0.113. The summed E-state index contributed by atoms with van der Waals surface area (Å²) < 4.78 is 21.1. The van der Waals surface area contributed by atoms with Gasteiger partial charge >= 0.3 is 7.12 Å². The first-order valence-corrected chi connectivity index (χ1v) is 35.4. The Kier molecular flexibility index (Phi) is 16.6. The van der Waals surface area contributed by atoms with Crippen LogP contribution in [0.2, 0.25) is 5.15 Å². The zero-order valence-corrected chi connectivity index (χ0v) is 57.3. The fraction of sp³-hybridized carbons (Fsp3) is 0.0213. The second-order valence-corrected chi connectivity index (χ2v) is 26.8. The highest BCUT2D eigenvalue weighted by atomic mass is 35.5. The molecule has 0 bridgehead atoms. The third kappa shape index (κ3) is 11.0. The summed E-state index contributed by atoms with van der Waals surface area (Å²) in [4.78, 5) is 17.2. The number of hydrogen-bond donors (Lipinski definition) is 2. The van der Waals surface area contributed by atoms with Gasteiger partial charge in [-0.3, -0.25) is 0 Å². The van der Waals surface area contributed by atoms with E-state index in [2.05, 4.69) is 293 Å². The van der Waals surface area contributed by atoms with Gasteiger partial charge in [-0.2, -0.15) is 0 Å². The summed E-state index contributed by atoms with van der Waals surface area (Å²) in [6.45, 7) is 0. The van der Waals surface area contributed by atoms with Crippen molar-refractivity contribution in [2.24, 2.45) is 0 Å². The van der Waals surface area contributed by atoms with E-state index in [-0.39, 0.29) is 14.9 Å². The molecular formula is C94H66BClN8O4. The van der Waals surface area contributed by atoms with Crippen LogP contribution in [0.15, 0.2) is 349 Å². The van der Waals surface area contributed by atoms with Crippen LogP contribution in [0.5, 0.6) is 0 Å². The maximum atomic E-state index is 9.56. The van der Waals surface area contributed by atoms with E-state index in [1.807, 2.05) is 60.7 Å². The number of benzene rings is 14. The molecule has 0 saturated carbocycles. The Balaban J connectivity index is 0.000000129. The number of hydrogen-bond acceptors (Lipinski definition) is 8. The van der Waals surface area contributed by atoms with Gasteiger partial charge < -0.3 is 37.2 Å². The summed E-state index contributed by atoms with van der Waals surface area (Å²) in [5.74, 6) is 0. The largest absolute Gasteiger partial charge is 0.488 e. The van der Waals surface area contributed by atoms with Crippen molar-refractivity contribution >= 4 is 156 Å². The summed E-state index contributed by atoms with van der Waals surface area (Å²) in [6.07, 6.45) is 3.06. The first-order chi connectivity index (χ1) is 52.3. The molecule has 22 aromatic rings. The van der Waals surface area contributed by atoms with Gasteiger partial charge in [-0.1, -0.05) is 208 Å². The Bertz CT molecular complexity index is 7200. The van der Waals surface area contributed by atoms with E-state index in [0.717, 1.165) is 83.4 Å². The molecule has 108 heavy (non-hydrogen) atoms. The second-order valence-electron chi connectivity index (χ2n) is 26.5. The average molecular weight is 1420 g/mol. The zero-order valence-electron chi connectivity index (χ0n) is 56.6. The van der Waals surface area contributed by atoms with E-state index in [4.69, 9.17) is 20.4 Å². The molecule has 0 atom stereocenters. The maximum Gasteiger partial charge on any atom is 0.488 e. The molecule has 2 N–H and O–H groups in total. The molecule has 0 aliphatic heterocycles. The summed E-state index contributed by atoms with van der Waals surface area (Å²) in [5.41, 5.74) is 25.2. The van der Waals surface area contributed by atoms with Crippen molar-refractivity contribution in [1.29, 1.82) is 0 Å². The molecule has 0 saturated heterocycles. The van der Waals surface area contributed by atoms with Crippen molar-refractivity contribution in [3.05, 3.63) is 345 Å². The van der Waals surface area contributed by atoms with Gasteiger partial charge in [0.15, 0.2) is 16.3 Å². The summed E-state index contributed by atoms with van der Waals surface area (Å²) in [5, 5.41) is 31.2. The lowest BCUT2D eigenvalue weighted by Crippen LogP contribution is -2.29. The summed E-state index contributed by atoms with van der Waals surface area (Å²) >= 11 is 5.88. The van der Waals surface area contributed by atoms with Gasteiger partial charge in [-0.15, -0.1) is 0 Å². The SMILES string of the molecule is C.C.Clc1ncnc2c1oc1ccccc12.OB(O)c1ccc(-n2c3ccccc3c3cc(-c4ccc5c(c4)c4ccccc4n5-c4ccccc4)ccc32)cc1.c1ccc(-n2c3ccccc3c3cc(-c4ccc5c(c4)c4ccccc4n5-c4ccc(-c5ncnc6c5oc5ccccc56)cc4)ccc32)cc1. The molecule has 0 aliphatic carbocycles. The van der Waals surface area contributed by atoms with Crippen LogP contribution in [0.4, 0.5) is 0 Å². The molecule has 0 fully saturated rings. The van der Waals surface area contributed by atoms with E-state index >= 15 is 0 Å². The third-order valence-corrected chi connectivity index (χ3v) is 20.8. The van der Waals surface area contributed by atoms with Crippen molar-refractivity contribution in [3.63, 3.8) is 0 Å². The monoisotopic (exact) mass is 1420 g/mol. The molecule has 0 spiro atoms. The minimum absolute atomic E-state index is 0. The van der Waals surface area contributed by atoms with Gasteiger partial charge in [0, 0.05) is 82.2 Å². The van der Waals surface area contributed by atoms with Crippen LogP contribution < -0.4 is 5.46 Å². The van der Waals surface area contributed by atoms with E-state index < -0.39 is 7.12 Å². The molecule has 0 unspecified atom stereocenters. The van der Waals surface area contributed by atoms with Gasteiger partial charge in [-0.25, -0.2) is 19.9 Å². The summed E-state index contributed by atoms with van der Waals surface area (Å²) in [6, 6.07) is 114. The van der Waals surface area contributed by atoms with E-state index in [0.29, 0.717) is 21.8 Å². The molecule has 0 aliphatic rings. The number of fused-ring (bicyclic) bond motifs is 18. The third-order valence-electron chi connectivity index (χ3n) is 20.5. The van der Waals surface area contributed by atoms with Crippen LogP contribution >= 0.6 is 11.6 Å². The average Bonchev–Trinajstić information content (AvgIpc) is 1.59. The fourth-order valence-electron chi connectivity index (χ4n) is 15.7. The first-order valence-electron chi connectivity index (χ1n) is 35.1. The van der Waals surface area contributed by atoms with Gasteiger partial charge in [0.05, 0.1) is 44.1 Å². The molecule has 8 heterocycles. The van der Waals surface area contributed by atoms with E-state index in [1.54, 1.807) is 18.5 Å². The number of para-hydroxylation sites is 8. The van der Waals surface area contributed by atoms with Crippen LogP contribution in [0.1, 0.15) is 14.9 Å². The highest BCUT2D eigenvalue weighted by Gasteiger charge is 2.22. The lowest BCUT2D eigenvalue weighted by molar-refractivity contribution is 0.426. The molecule has 0 amide bonds. The number of rotatable bonds is 8. The van der Waals surface area contributed by atoms with Gasteiger partial charge in [0.25, 0.3) is 0 Å². The smallest absolute Gasteiger partial charge is 0.452 e. The lowest BCUT2D eigenvalue weighted by atomic mass is 9.80. The standard InChI is InChI=1S/C46H28N4O.C36H25BN2O2.C10H5ClN2O.2CH4/c1-2-10-32(11-3-1)49-39-15-7-4-12-34(39)37-26-30(20-24-41(37)49)31-21-25-42-38(27-31)35-13-5-8-16-40(35)50(42)33-22-18-29(19-23-33)44-46-45(48-28-47-44)36-14-6-9-17-43(36)51-46;40-37(41)26-16-18-28(19-17-26)39-34-13-7-5-11-30(34)32-23-25(15-21-36(32)39)24-14-20-35-31(22-24)29-10-4-6-12-33(29)38(35)27-8-2-1-3-9-27;11-10-9-8(12-5-13-10)6-3-1-2-4-7(6)14-9;;/h1-28H;1-23,40-41H;1-5H;2*1H4. The van der Waals surface area contributed by atoms with Crippen LogP contribution in [-0.2, 0) is 0 Å². The lowest BCUT2D eigenvalue weighted by Gasteiger charge is -2.10. The zero-order chi connectivity index (χ0) is 70.5. The number of nitrogens with zero attached hydrogens (tertiary/aromatic N) is 8. The van der Waals surface area contributed by atoms with Crippen LogP contribution in [-0.4, -0.2) is 55.4 Å². The Hall–Kier alpha value is -13.7. The Morgan fingerprint density at radius 1 is 0.269 bits per heavy atom. The highest BCUT2D eigenvalue weighted by molar-refractivity contribution is 6.58. The highest BCUT2D eigenvalue weighted by Crippen LogP contribution is 2.42. The number of halogens is 1.